The molecule has 1 unspecified atom stereocenters. The van der Waals surface area contributed by atoms with Gasteiger partial charge in [-0.15, -0.1) is 0 Å². The number of hydrogen-bond donors (Lipinski definition) is 2. The Balaban J connectivity index is 1.72. The molecular weight excluding hydrogens is 334 g/mol. The predicted octanol–water partition coefficient (Wildman–Crippen LogP) is 2.56. The number of benzene rings is 2. The maximum absolute atomic E-state index is 12.4. The van der Waals surface area contributed by atoms with Crippen LogP contribution in [0.2, 0.25) is 0 Å². The van der Waals surface area contributed by atoms with Crippen molar-refractivity contribution in [2.24, 2.45) is 0 Å². The zero-order valence-electron chi connectivity index (χ0n) is 14.7. The number of ether oxygens (including phenoxy) is 2. The first kappa shape index (κ1) is 17.8. The van der Waals surface area contributed by atoms with E-state index in [-0.39, 0.29) is 12.3 Å². The molecule has 136 valence electrons. The first-order valence-electron chi connectivity index (χ1n) is 8.42. The van der Waals surface area contributed by atoms with E-state index in [9.17, 15) is 14.7 Å². The quantitative estimate of drug-likeness (QED) is 0.861. The summed E-state index contributed by atoms with van der Waals surface area (Å²) in [4.78, 5) is 24.0. The lowest BCUT2D eigenvalue weighted by Crippen LogP contribution is -2.34. The molecule has 6 heteroatoms. The summed E-state index contributed by atoms with van der Waals surface area (Å²) >= 11 is 0. The molecular formula is C20H21NO5. The van der Waals surface area contributed by atoms with Crippen LogP contribution in [-0.4, -0.2) is 30.2 Å². The van der Waals surface area contributed by atoms with Gasteiger partial charge in [0.1, 0.15) is 13.2 Å². The van der Waals surface area contributed by atoms with Gasteiger partial charge in [-0.3, -0.25) is 4.79 Å². The fourth-order valence-electron chi connectivity index (χ4n) is 2.83. The van der Waals surface area contributed by atoms with Gasteiger partial charge in [-0.2, -0.15) is 0 Å². The third-order valence-corrected chi connectivity index (χ3v) is 4.39. The number of carbonyl (C=O) groups excluding carboxylic acids is 1. The van der Waals surface area contributed by atoms with Crippen molar-refractivity contribution >= 4 is 11.9 Å². The van der Waals surface area contributed by atoms with E-state index in [1.165, 1.54) is 0 Å². The molecule has 0 spiro atoms. The minimum atomic E-state index is -1.09. The molecule has 1 aliphatic heterocycles. The van der Waals surface area contributed by atoms with Crippen molar-refractivity contribution in [1.82, 2.24) is 5.32 Å². The average Bonchev–Trinajstić information content (AvgIpc) is 2.62. The number of amides is 1. The highest BCUT2D eigenvalue weighted by atomic mass is 16.6. The van der Waals surface area contributed by atoms with Gasteiger partial charge in [-0.1, -0.05) is 24.3 Å². The fraction of sp³-hybridized carbons (Fsp3) is 0.300. The summed E-state index contributed by atoms with van der Waals surface area (Å²) < 4.78 is 11.0. The second-order valence-corrected chi connectivity index (χ2v) is 6.34. The Hall–Kier alpha value is -3.02. The first-order valence-corrected chi connectivity index (χ1v) is 8.42. The Kier molecular flexibility index (Phi) is 5.11. The topological polar surface area (TPSA) is 84.9 Å². The summed E-state index contributed by atoms with van der Waals surface area (Å²) in [6.45, 7) is 4.84. The molecule has 2 aromatic carbocycles. The Labute approximate surface area is 151 Å². The van der Waals surface area contributed by atoms with Crippen LogP contribution in [0.15, 0.2) is 36.4 Å². The fourth-order valence-corrected chi connectivity index (χ4v) is 2.83. The van der Waals surface area contributed by atoms with Gasteiger partial charge >= 0.3 is 5.97 Å². The molecule has 0 aromatic heterocycles. The molecule has 2 aromatic rings. The number of carboxylic acids is 1. The highest BCUT2D eigenvalue weighted by Crippen LogP contribution is 2.31. The van der Waals surface area contributed by atoms with Gasteiger partial charge in [-0.25, -0.2) is 4.79 Å². The van der Waals surface area contributed by atoms with Crippen molar-refractivity contribution in [3.8, 4) is 11.5 Å². The number of carboxylic acid groups (broad SMARTS) is 1. The van der Waals surface area contributed by atoms with E-state index in [1.807, 2.05) is 19.9 Å². The molecule has 0 saturated carbocycles. The predicted molar refractivity (Wildman–Crippen MR) is 95.6 cm³/mol. The second-order valence-electron chi connectivity index (χ2n) is 6.34. The molecule has 1 aliphatic rings. The molecule has 6 nitrogen and oxygen atoms in total. The Morgan fingerprint density at radius 3 is 2.46 bits per heavy atom. The molecule has 2 N–H and O–H groups in total. The van der Waals surface area contributed by atoms with Gasteiger partial charge in [0.05, 0.1) is 6.42 Å². The van der Waals surface area contributed by atoms with Crippen molar-refractivity contribution in [3.05, 3.63) is 58.7 Å². The minimum Gasteiger partial charge on any atom is -0.486 e. The van der Waals surface area contributed by atoms with Crippen LogP contribution in [0.1, 0.15) is 28.3 Å². The summed E-state index contributed by atoms with van der Waals surface area (Å²) in [6.07, 6.45) is 0.0608. The van der Waals surface area contributed by atoms with E-state index in [2.05, 4.69) is 5.32 Å². The van der Waals surface area contributed by atoms with Crippen LogP contribution in [0.4, 0.5) is 0 Å². The van der Waals surface area contributed by atoms with E-state index >= 15 is 0 Å². The minimum absolute atomic E-state index is 0.0608. The zero-order valence-corrected chi connectivity index (χ0v) is 14.7. The van der Waals surface area contributed by atoms with Crippen molar-refractivity contribution in [2.45, 2.75) is 26.3 Å². The van der Waals surface area contributed by atoms with E-state index in [4.69, 9.17) is 9.47 Å². The Morgan fingerprint density at radius 1 is 1.04 bits per heavy atom. The van der Waals surface area contributed by atoms with Crippen LogP contribution in [0.5, 0.6) is 11.5 Å². The normalized spacial score (nSPS) is 13.8. The molecule has 1 heterocycles. The number of carbonyl (C=O) groups is 2. The Morgan fingerprint density at radius 2 is 1.77 bits per heavy atom. The van der Waals surface area contributed by atoms with Crippen LogP contribution < -0.4 is 14.8 Å². The highest BCUT2D eigenvalue weighted by molar-refractivity contribution is 5.86. The number of rotatable bonds is 5. The van der Waals surface area contributed by atoms with Crippen LogP contribution in [0.25, 0.3) is 0 Å². The standard InChI is InChI=1S/C20H21NO5/c1-12-3-5-15(9-13(12)2)19(20(23)24)21-18(22)11-14-4-6-16-17(10-14)26-8-7-25-16/h3-6,9-10,19H,7-8,11H2,1-2H3,(H,21,22)(H,23,24). The van der Waals surface area contributed by atoms with Crippen LogP contribution in [0, 0.1) is 13.8 Å². The van der Waals surface area contributed by atoms with Gasteiger partial charge in [0.25, 0.3) is 0 Å². The van der Waals surface area contributed by atoms with Crippen molar-refractivity contribution in [1.29, 1.82) is 0 Å². The smallest absolute Gasteiger partial charge is 0.330 e. The summed E-state index contributed by atoms with van der Waals surface area (Å²) in [5.74, 6) is -0.208. The molecule has 0 bridgehead atoms. The molecule has 26 heavy (non-hydrogen) atoms. The summed E-state index contributed by atoms with van der Waals surface area (Å²) in [6, 6.07) is 9.57. The SMILES string of the molecule is Cc1ccc(C(NC(=O)Cc2ccc3c(c2)OCCO3)C(=O)O)cc1C. The third kappa shape index (κ3) is 3.96. The molecule has 0 fully saturated rings. The highest BCUT2D eigenvalue weighted by Gasteiger charge is 2.23. The van der Waals surface area contributed by atoms with Gasteiger partial charge in [0.2, 0.25) is 5.91 Å². The monoisotopic (exact) mass is 355 g/mol. The lowest BCUT2D eigenvalue weighted by atomic mass is 10.0. The number of fused-ring (bicyclic) bond motifs is 1. The molecule has 3 rings (SSSR count). The van der Waals surface area contributed by atoms with E-state index in [0.29, 0.717) is 30.3 Å². The average molecular weight is 355 g/mol. The maximum Gasteiger partial charge on any atom is 0.330 e. The summed E-state index contributed by atoms with van der Waals surface area (Å²) in [5, 5.41) is 12.1. The Bertz CT molecular complexity index is 846. The third-order valence-electron chi connectivity index (χ3n) is 4.39. The molecule has 0 radical (unpaired) electrons. The van der Waals surface area contributed by atoms with E-state index in [1.54, 1.807) is 30.3 Å². The molecule has 0 saturated heterocycles. The lowest BCUT2D eigenvalue weighted by Gasteiger charge is -2.19. The van der Waals surface area contributed by atoms with E-state index < -0.39 is 12.0 Å². The lowest BCUT2D eigenvalue weighted by molar-refractivity contribution is -0.141. The van der Waals surface area contributed by atoms with E-state index in [0.717, 1.165) is 16.7 Å². The second kappa shape index (κ2) is 7.47. The number of aryl methyl sites for hydroxylation is 2. The van der Waals surface area contributed by atoms with Crippen molar-refractivity contribution < 1.29 is 24.2 Å². The van der Waals surface area contributed by atoms with Crippen molar-refractivity contribution in [3.63, 3.8) is 0 Å². The first-order chi connectivity index (χ1) is 12.4. The van der Waals surface area contributed by atoms with Gasteiger partial charge < -0.3 is 19.9 Å². The van der Waals surface area contributed by atoms with Crippen LogP contribution >= 0.6 is 0 Å². The van der Waals surface area contributed by atoms with Gasteiger partial charge in [0, 0.05) is 0 Å². The number of aliphatic carboxylic acids is 1. The molecule has 1 amide bonds. The maximum atomic E-state index is 12.4. The number of hydrogen-bond acceptors (Lipinski definition) is 4. The summed E-state index contributed by atoms with van der Waals surface area (Å²) in [5.41, 5.74) is 3.34. The van der Waals surface area contributed by atoms with Gasteiger partial charge in [-0.05, 0) is 48.2 Å². The van der Waals surface area contributed by atoms with Crippen molar-refractivity contribution in [2.75, 3.05) is 13.2 Å². The molecule has 0 aliphatic carbocycles. The number of nitrogens with one attached hydrogen (secondary N) is 1. The van der Waals surface area contributed by atoms with Gasteiger partial charge in [0.15, 0.2) is 17.5 Å². The molecule has 1 atom stereocenters. The van der Waals surface area contributed by atoms with Crippen LogP contribution in [0.3, 0.4) is 0 Å². The largest absolute Gasteiger partial charge is 0.486 e. The van der Waals surface area contributed by atoms with Crippen LogP contribution in [-0.2, 0) is 16.0 Å². The summed E-state index contributed by atoms with van der Waals surface area (Å²) in [7, 11) is 0. The zero-order chi connectivity index (χ0) is 18.7.